The van der Waals surface area contributed by atoms with Gasteiger partial charge in [0.25, 0.3) is 0 Å². The van der Waals surface area contributed by atoms with E-state index in [0.29, 0.717) is 28.4 Å². The Bertz CT molecular complexity index is 998. The van der Waals surface area contributed by atoms with Crippen molar-refractivity contribution < 1.29 is 13.2 Å². The van der Waals surface area contributed by atoms with E-state index in [0.717, 1.165) is 10.1 Å². The average Bonchev–Trinajstić information content (AvgIpc) is 3.25. The third kappa shape index (κ3) is 3.15. The molecule has 0 aliphatic rings. The van der Waals surface area contributed by atoms with Gasteiger partial charge in [0.15, 0.2) is 5.16 Å². The van der Waals surface area contributed by atoms with E-state index in [2.05, 4.69) is 9.97 Å². The minimum absolute atomic E-state index is 0.264. The molecule has 0 amide bonds. The molecule has 25 heavy (non-hydrogen) atoms. The second-order valence-electron chi connectivity index (χ2n) is 5.33. The molecular formula is C18H13F2N3OS. The number of thioether (sulfide) groups is 1. The molecule has 4 nitrogen and oxygen atoms in total. The van der Waals surface area contributed by atoms with Gasteiger partial charge in [0.2, 0.25) is 5.89 Å². The van der Waals surface area contributed by atoms with Crippen molar-refractivity contribution in [1.82, 2.24) is 14.5 Å². The Morgan fingerprint density at radius 3 is 2.56 bits per heavy atom. The van der Waals surface area contributed by atoms with Gasteiger partial charge in [0, 0.05) is 11.3 Å². The van der Waals surface area contributed by atoms with Gasteiger partial charge < -0.3 is 4.42 Å². The maximum absolute atomic E-state index is 13.4. The molecule has 0 N–H and O–H groups in total. The summed E-state index contributed by atoms with van der Waals surface area (Å²) in [6, 6.07) is 16.4. The highest BCUT2D eigenvalue weighted by molar-refractivity contribution is 7.98. The Hall–Kier alpha value is -2.67. The number of halogens is 2. The summed E-state index contributed by atoms with van der Waals surface area (Å²) in [5.41, 5.74) is 2.52. The van der Waals surface area contributed by atoms with Crippen molar-refractivity contribution in [2.24, 2.45) is 0 Å². The molecule has 2 aromatic heterocycles. The number of imidazole rings is 1. The molecule has 0 aliphatic heterocycles. The van der Waals surface area contributed by atoms with E-state index in [9.17, 15) is 8.78 Å². The Labute approximate surface area is 146 Å². The van der Waals surface area contributed by atoms with E-state index >= 15 is 0 Å². The molecule has 0 unspecified atom stereocenters. The summed E-state index contributed by atoms with van der Waals surface area (Å²) in [6.45, 7) is -2.65. The molecule has 7 heteroatoms. The topological polar surface area (TPSA) is 43.9 Å². The quantitative estimate of drug-likeness (QED) is 0.450. The monoisotopic (exact) mass is 357 g/mol. The van der Waals surface area contributed by atoms with E-state index in [1.807, 2.05) is 30.3 Å². The minimum Gasteiger partial charge on any atom is -0.444 e. The predicted octanol–water partition coefficient (Wildman–Crippen LogP) is 5.38. The number of hydrogen-bond donors (Lipinski definition) is 0. The molecule has 4 aromatic rings. The van der Waals surface area contributed by atoms with Crippen LogP contribution in [-0.4, -0.2) is 14.5 Å². The van der Waals surface area contributed by atoms with Crippen molar-refractivity contribution >= 4 is 22.8 Å². The first kappa shape index (κ1) is 15.8. The number of nitrogens with zero attached hydrogens (tertiary/aromatic N) is 3. The molecular weight excluding hydrogens is 344 g/mol. The van der Waals surface area contributed by atoms with Crippen molar-refractivity contribution in [3.8, 4) is 11.5 Å². The van der Waals surface area contributed by atoms with Crippen LogP contribution in [0.4, 0.5) is 8.78 Å². The van der Waals surface area contributed by atoms with E-state index in [4.69, 9.17) is 4.42 Å². The third-order valence-corrected chi connectivity index (χ3v) is 4.67. The number of rotatable bonds is 5. The van der Waals surface area contributed by atoms with Crippen LogP contribution in [0.25, 0.3) is 22.5 Å². The SMILES string of the molecule is FC(F)n1c(SCc2coc(-c3ccccc3)n2)nc2ccccc21. The first-order valence-electron chi connectivity index (χ1n) is 7.60. The van der Waals surface area contributed by atoms with Crippen LogP contribution in [0.15, 0.2) is 70.4 Å². The maximum atomic E-state index is 13.4. The maximum Gasteiger partial charge on any atom is 0.321 e. The number of oxazole rings is 1. The van der Waals surface area contributed by atoms with Crippen LogP contribution in [0.1, 0.15) is 12.2 Å². The highest BCUT2D eigenvalue weighted by Gasteiger charge is 2.18. The molecule has 0 saturated carbocycles. The highest BCUT2D eigenvalue weighted by atomic mass is 32.2. The second kappa shape index (κ2) is 6.68. The second-order valence-corrected chi connectivity index (χ2v) is 6.27. The number of para-hydroxylation sites is 2. The largest absolute Gasteiger partial charge is 0.444 e. The first-order valence-corrected chi connectivity index (χ1v) is 8.58. The van der Waals surface area contributed by atoms with Crippen molar-refractivity contribution in [3.05, 3.63) is 66.6 Å². The molecule has 2 aromatic carbocycles. The zero-order valence-corrected chi connectivity index (χ0v) is 13.8. The van der Waals surface area contributed by atoms with Gasteiger partial charge in [0.1, 0.15) is 6.26 Å². The lowest BCUT2D eigenvalue weighted by Crippen LogP contribution is -2.00. The fraction of sp³-hybridized carbons (Fsp3) is 0.111. The van der Waals surface area contributed by atoms with Crippen molar-refractivity contribution in [1.29, 1.82) is 0 Å². The zero-order valence-electron chi connectivity index (χ0n) is 13.0. The molecule has 0 spiro atoms. The Morgan fingerprint density at radius 1 is 1.00 bits per heavy atom. The van der Waals surface area contributed by atoms with Gasteiger partial charge in [-0.3, -0.25) is 4.57 Å². The van der Waals surface area contributed by atoms with E-state index in [1.165, 1.54) is 11.8 Å². The standard InChI is InChI=1S/C18H13F2N3OS/c19-17(20)23-15-9-5-4-8-14(15)22-18(23)25-11-13-10-24-16(21-13)12-6-2-1-3-7-12/h1-10,17H,11H2. The van der Waals surface area contributed by atoms with Crippen LogP contribution >= 0.6 is 11.8 Å². The average molecular weight is 357 g/mol. The van der Waals surface area contributed by atoms with Gasteiger partial charge in [-0.15, -0.1) is 0 Å². The predicted molar refractivity (Wildman–Crippen MR) is 92.5 cm³/mol. The Kier molecular flexibility index (Phi) is 4.23. The molecule has 0 saturated heterocycles. The van der Waals surface area contributed by atoms with E-state index in [1.54, 1.807) is 30.5 Å². The summed E-state index contributed by atoms with van der Waals surface area (Å²) in [4.78, 5) is 8.71. The highest BCUT2D eigenvalue weighted by Crippen LogP contribution is 2.31. The number of fused-ring (bicyclic) bond motifs is 1. The van der Waals surface area contributed by atoms with Crippen LogP contribution < -0.4 is 0 Å². The van der Waals surface area contributed by atoms with Gasteiger partial charge in [-0.2, -0.15) is 8.78 Å². The molecule has 4 rings (SSSR count). The van der Waals surface area contributed by atoms with Gasteiger partial charge in [-0.1, -0.05) is 42.1 Å². The van der Waals surface area contributed by atoms with Gasteiger partial charge in [-0.05, 0) is 24.3 Å². The molecule has 0 aliphatic carbocycles. The molecule has 126 valence electrons. The number of aromatic nitrogens is 3. The van der Waals surface area contributed by atoms with E-state index < -0.39 is 6.55 Å². The van der Waals surface area contributed by atoms with Crippen LogP contribution in [-0.2, 0) is 5.75 Å². The summed E-state index contributed by atoms with van der Waals surface area (Å²) in [5.74, 6) is 0.908. The number of hydrogen-bond acceptors (Lipinski definition) is 4. The Balaban J connectivity index is 1.57. The minimum atomic E-state index is -2.65. The van der Waals surface area contributed by atoms with Crippen LogP contribution in [0.2, 0.25) is 0 Å². The lowest BCUT2D eigenvalue weighted by atomic mass is 10.2. The third-order valence-electron chi connectivity index (χ3n) is 3.68. The number of alkyl halides is 2. The fourth-order valence-electron chi connectivity index (χ4n) is 2.54. The lowest BCUT2D eigenvalue weighted by Gasteiger charge is -2.06. The summed E-state index contributed by atoms with van der Waals surface area (Å²) < 4.78 is 33.3. The van der Waals surface area contributed by atoms with Crippen molar-refractivity contribution in [2.45, 2.75) is 17.5 Å². The zero-order chi connectivity index (χ0) is 17.2. The fourth-order valence-corrected chi connectivity index (χ4v) is 3.43. The smallest absolute Gasteiger partial charge is 0.321 e. The molecule has 0 bridgehead atoms. The van der Waals surface area contributed by atoms with Gasteiger partial charge >= 0.3 is 6.55 Å². The molecule has 0 radical (unpaired) electrons. The van der Waals surface area contributed by atoms with Crippen molar-refractivity contribution in [2.75, 3.05) is 0 Å². The van der Waals surface area contributed by atoms with Crippen molar-refractivity contribution in [3.63, 3.8) is 0 Å². The summed E-state index contributed by atoms with van der Waals surface area (Å²) in [7, 11) is 0. The molecule has 2 heterocycles. The number of benzene rings is 2. The van der Waals surface area contributed by atoms with Gasteiger partial charge in [-0.25, -0.2) is 9.97 Å². The summed E-state index contributed by atoms with van der Waals surface area (Å²) in [5, 5.41) is 0.264. The van der Waals surface area contributed by atoms with E-state index in [-0.39, 0.29) is 5.16 Å². The van der Waals surface area contributed by atoms with Crippen LogP contribution in [0, 0.1) is 0 Å². The normalized spacial score (nSPS) is 11.5. The first-order chi connectivity index (χ1) is 12.2. The van der Waals surface area contributed by atoms with Gasteiger partial charge in [0.05, 0.1) is 16.7 Å². The molecule has 0 atom stereocenters. The lowest BCUT2D eigenvalue weighted by molar-refractivity contribution is 0.0656. The summed E-state index contributed by atoms with van der Waals surface area (Å²) >= 11 is 1.21. The Morgan fingerprint density at radius 2 is 1.76 bits per heavy atom. The van der Waals surface area contributed by atoms with Crippen LogP contribution in [0.3, 0.4) is 0 Å². The molecule has 0 fully saturated rings. The van der Waals surface area contributed by atoms with Crippen LogP contribution in [0.5, 0.6) is 0 Å². The summed E-state index contributed by atoms with van der Waals surface area (Å²) in [6.07, 6.45) is 1.55.